The van der Waals surface area contributed by atoms with Gasteiger partial charge in [-0.05, 0) is 41.5 Å². The number of nitrogens with one attached hydrogen (secondary N) is 1. The van der Waals surface area contributed by atoms with E-state index in [0.717, 1.165) is 27.0 Å². The third-order valence-electron chi connectivity index (χ3n) is 6.10. The van der Waals surface area contributed by atoms with Gasteiger partial charge in [-0.3, -0.25) is 14.6 Å². The molecule has 1 aliphatic rings. The average Bonchev–Trinajstić information content (AvgIpc) is 3.48. The van der Waals surface area contributed by atoms with Crippen LogP contribution in [0.25, 0.3) is 34.0 Å². The standard InChI is InChI=1S/C27H20F2N4O3/c28-27(29)13-20(14-30)33(16-27)25(34)15-32-26(35)21-7-9-31-23-6-4-17(11-22(21)23)1-2-18-3-5-19-8-10-36-24(19)12-18/h1-12,20H,13,15-16H2,(H,32,35)/b2-1+. The Morgan fingerprint density at radius 1 is 1.17 bits per heavy atom. The van der Waals surface area contributed by atoms with Gasteiger partial charge in [0, 0.05) is 23.4 Å². The lowest BCUT2D eigenvalue weighted by Gasteiger charge is -2.19. The van der Waals surface area contributed by atoms with E-state index >= 15 is 0 Å². The third kappa shape index (κ3) is 4.66. The number of hydrogen-bond acceptors (Lipinski definition) is 5. The molecule has 4 aromatic rings. The number of likely N-dealkylation sites (tertiary alicyclic amines) is 1. The highest BCUT2D eigenvalue weighted by Crippen LogP contribution is 2.31. The monoisotopic (exact) mass is 486 g/mol. The van der Waals surface area contributed by atoms with E-state index in [1.807, 2.05) is 48.6 Å². The Morgan fingerprint density at radius 3 is 2.75 bits per heavy atom. The van der Waals surface area contributed by atoms with E-state index in [1.165, 1.54) is 12.3 Å². The average molecular weight is 486 g/mol. The molecule has 0 spiro atoms. The van der Waals surface area contributed by atoms with E-state index in [-0.39, 0.29) is 0 Å². The van der Waals surface area contributed by atoms with Crippen molar-refractivity contribution in [3.05, 3.63) is 77.7 Å². The molecule has 2 aromatic carbocycles. The number of carbonyl (C=O) groups is 2. The van der Waals surface area contributed by atoms with E-state index in [9.17, 15) is 18.4 Å². The zero-order chi connectivity index (χ0) is 25.3. The van der Waals surface area contributed by atoms with Gasteiger partial charge in [0.15, 0.2) is 0 Å². The van der Waals surface area contributed by atoms with Gasteiger partial charge in [-0.25, -0.2) is 8.78 Å². The van der Waals surface area contributed by atoms with Crippen LogP contribution in [0.15, 0.2) is 65.4 Å². The normalized spacial score (nSPS) is 17.0. The number of rotatable bonds is 5. The van der Waals surface area contributed by atoms with E-state index in [1.54, 1.807) is 18.4 Å². The smallest absolute Gasteiger partial charge is 0.268 e. The first-order valence-electron chi connectivity index (χ1n) is 11.2. The maximum absolute atomic E-state index is 13.6. The SMILES string of the molecule is N#CC1CC(F)(F)CN1C(=O)CNC(=O)c1ccnc2ccc(/C=C/c3ccc4ccoc4c3)cc12. The first kappa shape index (κ1) is 23.2. The summed E-state index contributed by atoms with van der Waals surface area (Å²) in [7, 11) is 0. The summed E-state index contributed by atoms with van der Waals surface area (Å²) in [6, 6.07) is 15.3. The van der Waals surface area contributed by atoms with Crippen molar-refractivity contribution in [3.8, 4) is 6.07 Å². The minimum absolute atomic E-state index is 0.295. The van der Waals surface area contributed by atoms with Gasteiger partial charge < -0.3 is 14.6 Å². The van der Waals surface area contributed by atoms with Crippen LogP contribution in [0.4, 0.5) is 8.78 Å². The van der Waals surface area contributed by atoms with Gasteiger partial charge in [-0.2, -0.15) is 5.26 Å². The van der Waals surface area contributed by atoms with Crippen LogP contribution in [0.5, 0.6) is 0 Å². The zero-order valence-corrected chi connectivity index (χ0v) is 18.9. The number of nitriles is 1. The molecule has 1 N–H and O–H groups in total. The van der Waals surface area contributed by atoms with Crippen molar-refractivity contribution < 1.29 is 22.8 Å². The third-order valence-corrected chi connectivity index (χ3v) is 6.10. The molecule has 9 heteroatoms. The summed E-state index contributed by atoms with van der Waals surface area (Å²) in [6.45, 7) is -1.33. The van der Waals surface area contributed by atoms with Crippen LogP contribution in [0, 0.1) is 11.3 Å². The molecule has 1 atom stereocenters. The maximum Gasteiger partial charge on any atom is 0.268 e. The van der Waals surface area contributed by atoms with Crippen molar-refractivity contribution in [3.63, 3.8) is 0 Å². The lowest BCUT2D eigenvalue weighted by molar-refractivity contribution is -0.131. The first-order chi connectivity index (χ1) is 17.3. The fourth-order valence-corrected chi connectivity index (χ4v) is 4.28. The second kappa shape index (κ2) is 9.23. The summed E-state index contributed by atoms with van der Waals surface area (Å²) in [4.78, 5) is 30.4. The van der Waals surface area contributed by atoms with Gasteiger partial charge in [-0.1, -0.05) is 30.4 Å². The molecule has 0 bridgehead atoms. The minimum Gasteiger partial charge on any atom is -0.464 e. The van der Waals surface area contributed by atoms with Crippen molar-refractivity contribution >= 4 is 45.8 Å². The lowest BCUT2D eigenvalue weighted by atomic mass is 10.0. The van der Waals surface area contributed by atoms with E-state index < -0.39 is 43.3 Å². The summed E-state index contributed by atoms with van der Waals surface area (Å²) in [6.07, 6.45) is 6.24. The Kier molecular flexibility index (Phi) is 5.94. The molecule has 0 aliphatic carbocycles. The molecule has 1 unspecified atom stereocenters. The number of halogens is 2. The van der Waals surface area contributed by atoms with Gasteiger partial charge in [0.25, 0.3) is 11.8 Å². The second-order valence-electron chi connectivity index (χ2n) is 8.60. The summed E-state index contributed by atoms with van der Waals surface area (Å²) in [5.74, 6) is -4.39. The number of aromatic nitrogens is 1. The Morgan fingerprint density at radius 2 is 1.94 bits per heavy atom. The lowest BCUT2D eigenvalue weighted by Crippen LogP contribution is -2.43. The molecular weight excluding hydrogens is 466 g/mol. The maximum atomic E-state index is 13.6. The largest absolute Gasteiger partial charge is 0.464 e. The van der Waals surface area contributed by atoms with Crippen molar-refractivity contribution in [2.45, 2.75) is 18.4 Å². The second-order valence-corrected chi connectivity index (χ2v) is 8.60. The highest BCUT2D eigenvalue weighted by Gasteiger charge is 2.47. The molecule has 2 aromatic heterocycles. The fraction of sp³-hybridized carbons (Fsp3) is 0.185. The van der Waals surface area contributed by atoms with Crippen molar-refractivity contribution in [2.24, 2.45) is 0 Å². The number of nitrogens with zero attached hydrogens (tertiary/aromatic N) is 3. The predicted molar refractivity (Wildman–Crippen MR) is 130 cm³/mol. The summed E-state index contributed by atoms with van der Waals surface area (Å²) >= 11 is 0. The van der Waals surface area contributed by atoms with Gasteiger partial charge in [0.05, 0.1) is 36.5 Å². The first-order valence-corrected chi connectivity index (χ1v) is 11.2. The van der Waals surface area contributed by atoms with Crippen LogP contribution in [-0.4, -0.2) is 46.8 Å². The van der Waals surface area contributed by atoms with Crippen LogP contribution >= 0.6 is 0 Å². The quantitative estimate of drug-likeness (QED) is 0.415. The number of hydrogen-bond donors (Lipinski definition) is 1. The number of amides is 2. The molecule has 3 heterocycles. The number of alkyl halides is 2. The molecule has 5 rings (SSSR count). The molecule has 2 amide bonds. The highest BCUT2D eigenvalue weighted by atomic mass is 19.3. The molecule has 1 aliphatic heterocycles. The Labute approximate surface area is 204 Å². The van der Waals surface area contributed by atoms with E-state index in [2.05, 4.69) is 10.3 Å². The summed E-state index contributed by atoms with van der Waals surface area (Å²) in [5, 5.41) is 13.2. The molecule has 36 heavy (non-hydrogen) atoms. The van der Waals surface area contributed by atoms with Gasteiger partial charge in [-0.15, -0.1) is 0 Å². The van der Waals surface area contributed by atoms with Gasteiger partial charge >= 0.3 is 0 Å². The number of benzene rings is 2. The Balaban J connectivity index is 1.33. The van der Waals surface area contributed by atoms with Crippen molar-refractivity contribution in [1.29, 1.82) is 5.26 Å². The van der Waals surface area contributed by atoms with E-state index in [0.29, 0.717) is 16.5 Å². The fourth-order valence-electron chi connectivity index (χ4n) is 4.28. The summed E-state index contributed by atoms with van der Waals surface area (Å²) in [5.41, 5.74) is 3.45. The molecule has 180 valence electrons. The molecule has 0 saturated carbocycles. The highest BCUT2D eigenvalue weighted by molar-refractivity contribution is 6.07. The Hall–Kier alpha value is -4.58. The minimum atomic E-state index is -3.12. The van der Waals surface area contributed by atoms with Crippen LogP contribution in [0.3, 0.4) is 0 Å². The molecule has 1 fully saturated rings. The van der Waals surface area contributed by atoms with Gasteiger partial charge in [0.2, 0.25) is 5.91 Å². The number of furan rings is 1. The molecule has 0 radical (unpaired) electrons. The van der Waals surface area contributed by atoms with Gasteiger partial charge in [0.1, 0.15) is 11.6 Å². The molecule has 7 nitrogen and oxygen atoms in total. The number of pyridine rings is 1. The Bertz CT molecular complexity index is 1550. The van der Waals surface area contributed by atoms with Crippen LogP contribution < -0.4 is 5.32 Å². The number of carbonyl (C=O) groups excluding carboxylic acids is 2. The zero-order valence-electron chi connectivity index (χ0n) is 18.9. The topological polar surface area (TPSA) is 99.2 Å². The van der Waals surface area contributed by atoms with Crippen LogP contribution in [-0.2, 0) is 4.79 Å². The van der Waals surface area contributed by atoms with Crippen molar-refractivity contribution in [1.82, 2.24) is 15.2 Å². The summed E-state index contributed by atoms with van der Waals surface area (Å²) < 4.78 is 32.7. The van der Waals surface area contributed by atoms with Crippen LogP contribution in [0.1, 0.15) is 27.9 Å². The number of fused-ring (bicyclic) bond motifs is 2. The van der Waals surface area contributed by atoms with E-state index in [4.69, 9.17) is 9.68 Å². The molecule has 1 saturated heterocycles. The molecular formula is C27H20F2N4O3. The predicted octanol–water partition coefficient (Wildman–Crippen LogP) is 4.64. The van der Waals surface area contributed by atoms with Crippen molar-refractivity contribution in [2.75, 3.05) is 13.1 Å². The van der Waals surface area contributed by atoms with Crippen LogP contribution in [0.2, 0.25) is 0 Å².